The number of hydrogen-bond donors (Lipinski definition) is 1. The Morgan fingerprint density at radius 2 is 1.97 bits per heavy atom. The predicted octanol–water partition coefficient (Wildman–Crippen LogP) is 7.00. The third kappa shape index (κ3) is 4.10. The molecule has 178 valence electrons. The highest BCUT2D eigenvalue weighted by atomic mass is 35.5. The van der Waals surface area contributed by atoms with Crippen LogP contribution in [0.2, 0.25) is 10.0 Å². The second kappa shape index (κ2) is 9.28. The van der Waals surface area contributed by atoms with Gasteiger partial charge in [0.15, 0.2) is 5.13 Å². The number of ketones is 1. The van der Waals surface area contributed by atoms with E-state index in [1.165, 1.54) is 27.6 Å². The number of carbonyl (C=O) groups excluding carboxylic acids is 2. The molecule has 0 saturated carbocycles. The summed E-state index contributed by atoms with van der Waals surface area (Å²) in [6.07, 6.45) is 0. The van der Waals surface area contributed by atoms with Gasteiger partial charge in [0.25, 0.3) is 5.78 Å². The molecule has 0 aliphatic carbocycles. The fourth-order valence-corrected chi connectivity index (χ4v) is 6.23. The number of ether oxygens (including phenoxy) is 1. The number of aryl methyl sites for hydroxylation is 1. The van der Waals surface area contributed by atoms with Crippen molar-refractivity contribution in [2.24, 2.45) is 0 Å². The van der Waals surface area contributed by atoms with Crippen LogP contribution in [0.25, 0.3) is 16.0 Å². The molecule has 0 spiro atoms. The number of hydrogen-bond acceptors (Lipinski definition) is 7. The molecular weight excluding hydrogens is 527 g/mol. The molecule has 1 aliphatic heterocycles. The number of thiophene rings is 1. The van der Waals surface area contributed by atoms with Gasteiger partial charge in [0.2, 0.25) is 0 Å². The Morgan fingerprint density at radius 3 is 2.69 bits per heavy atom. The van der Waals surface area contributed by atoms with E-state index >= 15 is 0 Å². The van der Waals surface area contributed by atoms with Gasteiger partial charge in [0.1, 0.15) is 17.6 Å². The molecule has 10 heteroatoms. The van der Waals surface area contributed by atoms with E-state index in [1.807, 2.05) is 37.4 Å². The normalized spacial score (nSPS) is 17.5. The maximum atomic E-state index is 13.3. The fraction of sp³-hybridized carbons (Fsp3) is 0.160. The number of fused-ring (bicyclic) bond motifs is 1. The number of aromatic nitrogens is 1. The molecule has 1 amide bonds. The smallest absolute Gasteiger partial charge is 0.301 e. The molecule has 1 unspecified atom stereocenters. The van der Waals surface area contributed by atoms with Gasteiger partial charge >= 0.3 is 5.91 Å². The van der Waals surface area contributed by atoms with Gasteiger partial charge in [-0.15, -0.1) is 11.3 Å². The van der Waals surface area contributed by atoms with Crippen LogP contribution in [0, 0.1) is 6.92 Å². The number of aliphatic hydroxyl groups is 1. The zero-order valence-corrected chi connectivity index (χ0v) is 21.7. The molecule has 0 bridgehead atoms. The first-order valence-corrected chi connectivity index (χ1v) is 13.1. The van der Waals surface area contributed by atoms with Crippen molar-refractivity contribution >= 4 is 78.7 Å². The molecule has 1 fully saturated rings. The predicted molar refractivity (Wildman–Crippen MR) is 141 cm³/mol. The number of nitrogens with zero attached hydrogens (tertiary/aromatic N) is 2. The summed E-state index contributed by atoms with van der Waals surface area (Å²) in [4.78, 5) is 33.3. The summed E-state index contributed by atoms with van der Waals surface area (Å²) in [6, 6.07) is 11.2. The van der Waals surface area contributed by atoms with E-state index in [9.17, 15) is 14.7 Å². The highest BCUT2D eigenvalue weighted by molar-refractivity contribution is 7.22. The highest BCUT2D eigenvalue weighted by Crippen LogP contribution is 2.46. The van der Waals surface area contributed by atoms with E-state index in [0.29, 0.717) is 32.9 Å². The Hall–Kier alpha value is -2.91. The van der Waals surface area contributed by atoms with E-state index in [2.05, 4.69) is 4.98 Å². The lowest BCUT2D eigenvalue weighted by atomic mass is 9.99. The third-order valence-corrected chi connectivity index (χ3v) is 8.30. The first-order valence-electron chi connectivity index (χ1n) is 10.6. The van der Waals surface area contributed by atoms with Gasteiger partial charge in [-0.25, -0.2) is 4.98 Å². The summed E-state index contributed by atoms with van der Waals surface area (Å²) in [5.41, 5.74) is 1.67. The van der Waals surface area contributed by atoms with Crippen LogP contribution < -0.4 is 9.64 Å². The van der Waals surface area contributed by atoms with Gasteiger partial charge in [-0.3, -0.25) is 14.5 Å². The van der Waals surface area contributed by atoms with Crippen LogP contribution in [0.4, 0.5) is 5.13 Å². The minimum atomic E-state index is -0.862. The average molecular weight is 545 g/mol. The van der Waals surface area contributed by atoms with Crippen molar-refractivity contribution in [1.29, 1.82) is 0 Å². The molecular formula is C25H18Cl2N2O4S2. The minimum absolute atomic E-state index is 0.0542. The quantitative estimate of drug-likeness (QED) is 0.166. The van der Waals surface area contributed by atoms with E-state index < -0.39 is 17.7 Å². The number of carbonyl (C=O) groups is 2. The van der Waals surface area contributed by atoms with Crippen LogP contribution in [0.1, 0.15) is 29.0 Å². The SMILES string of the molecule is CCOc1ccc(Cl)c(/C(O)=C2\C(=O)C(=O)N(c3nc4cc(Cl)c(C)cc4s3)C2c2cccs2)c1. The second-order valence-corrected chi connectivity index (χ2v) is 10.6. The molecule has 1 aliphatic rings. The zero-order chi connectivity index (χ0) is 24.9. The number of amides is 1. The molecule has 5 rings (SSSR count). The Morgan fingerprint density at radius 1 is 1.17 bits per heavy atom. The number of Topliss-reactive ketones (excluding diaryl/α,β-unsaturated/α-hetero) is 1. The highest BCUT2D eigenvalue weighted by Gasteiger charge is 2.48. The topological polar surface area (TPSA) is 79.7 Å². The first kappa shape index (κ1) is 23.8. The molecule has 6 nitrogen and oxygen atoms in total. The van der Waals surface area contributed by atoms with Gasteiger partial charge in [-0.1, -0.05) is 40.6 Å². The molecule has 1 atom stereocenters. The number of halogens is 2. The number of aliphatic hydroxyl groups excluding tert-OH is 1. The summed E-state index contributed by atoms with van der Waals surface area (Å²) in [7, 11) is 0. The van der Waals surface area contributed by atoms with Crippen molar-refractivity contribution < 1.29 is 19.4 Å². The fourth-order valence-electron chi connectivity index (χ4n) is 3.97. The molecule has 35 heavy (non-hydrogen) atoms. The Labute approximate surface area is 219 Å². The second-order valence-electron chi connectivity index (χ2n) is 7.82. The lowest BCUT2D eigenvalue weighted by Gasteiger charge is -2.21. The first-order chi connectivity index (χ1) is 16.8. The van der Waals surface area contributed by atoms with E-state index in [4.69, 9.17) is 27.9 Å². The summed E-state index contributed by atoms with van der Waals surface area (Å²) in [5.74, 6) is -1.47. The molecule has 4 aromatic rings. The van der Waals surface area contributed by atoms with Crippen LogP contribution >= 0.6 is 45.9 Å². The maximum absolute atomic E-state index is 13.3. The molecule has 2 aromatic carbocycles. The van der Waals surface area contributed by atoms with Crippen molar-refractivity contribution in [3.8, 4) is 5.75 Å². The Bertz CT molecular complexity index is 1470. The van der Waals surface area contributed by atoms with E-state index in [0.717, 1.165) is 10.3 Å². The summed E-state index contributed by atoms with van der Waals surface area (Å²) < 4.78 is 6.37. The van der Waals surface area contributed by atoms with Crippen molar-refractivity contribution in [3.63, 3.8) is 0 Å². The van der Waals surface area contributed by atoms with Gasteiger partial charge < -0.3 is 9.84 Å². The van der Waals surface area contributed by atoms with Gasteiger partial charge in [-0.2, -0.15) is 0 Å². The van der Waals surface area contributed by atoms with Gasteiger partial charge in [0, 0.05) is 15.5 Å². The Kier molecular flexibility index (Phi) is 6.31. The van der Waals surface area contributed by atoms with Gasteiger partial charge in [-0.05, 0) is 61.2 Å². The minimum Gasteiger partial charge on any atom is -0.507 e. The molecule has 0 radical (unpaired) electrons. The van der Waals surface area contributed by atoms with Gasteiger partial charge in [0.05, 0.1) is 27.4 Å². The number of rotatable bonds is 5. The lowest BCUT2D eigenvalue weighted by Crippen LogP contribution is -2.28. The largest absolute Gasteiger partial charge is 0.507 e. The van der Waals surface area contributed by atoms with Crippen LogP contribution in [-0.2, 0) is 9.59 Å². The van der Waals surface area contributed by atoms with Crippen molar-refractivity contribution in [2.75, 3.05) is 11.5 Å². The number of thiazole rings is 1. The third-order valence-electron chi connectivity index (χ3n) is 5.62. The summed E-state index contributed by atoms with van der Waals surface area (Å²) in [5, 5.41) is 14.3. The number of anilines is 1. The monoisotopic (exact) mass is 544 g/mol. The molecule has 1 N–H and O–H groups in total. The van der Waals surface area contributed by atoms with Crippen LogP contribution in [0.15, 0.2) is 53.4 Å². The standard InChI is InChI=1S/C25H18Cl2N2O4S2/c1-3-33-13-6-7-15(26)14(10-13)22(30)20-21(18-5-4-8-34-18)29(24(32)23(20)31)25-28-17-11-16(27)12(2)9-19(17)35-25/h4-11,21,30H,3H2,1-2H3/b22-20+. The lowest BCUT2D eigenvalue weighted by molar-refractivity contribution is -0.132. The molecule has 1 saturated heterocycles. The van der Waals surface area contributed by atoms with Crippen molar-refractivity contribution in [3.05, 3.63) is 79.5 Å². The maximum Gasteiger partial charge on any atom is 0.301 e. The average Bonchev–Trinajstić information content (AvgIpc) is 3.54. The van der Waals surface area contributed by atoms with E-state index in [1.54, 1.807) is 24.3 Å². The Balaban J connectivity index is 1.71. The van der Waals surface area contributed by atoms with E-state index in [-0.39, 0.29) is 21.9 Å². The van der Waals surface area contributed by atoms with Crippen LogP contribution in [-0.4, -0.2) is 28.4 Å². The molecule has 2 aromatic heterocycles. The number of benzene rings is 2. The molecule has 3 heterocycles. The zero-order valence-electron chi connectivity index (χ0n) is 18.5. The van der Waals surface area contributed by atoms with Crippen molar-refractivity contribution in [2.45, 2.75) is 19.9 Å². The van der Waals surface area contributed by atoms with Crippen LogP contribution in [0.5, 0.6) is 5.75 Å². The van der Waals surface area contributed by atoms with Crippen molar-refractivity contribution in [1.82, 2.24) is 4.98 Å². The summed E-state index contributed by atoms with van der Waals surface area (Å²) >= 11 is 15.3. The summed E-state index contributed by atoms with van der Waals surface area (Å²) in [6.45, 7) is 4.14. The van der Waals surface area contributed by atoms with Crippen LogP contribution in [0.3, 0.4) is 0 Å².